The molecule has 7 nitrogen and oxygen atoms in total. The number of rotatable bonds is 11. The topological polar surface area (TPSA) is 80.1 Å². The number of furan rings is 1. The molecule has 1 amide bonds. The van der Waals surface area contributed by atoms with Gasteiger partial charge in [0.25, 0.3) is 0 Å². The number of sulfonamides is 1. The fourth-order valence-corrected chi connectivity index (χ4v) is 5.66. The van der Waals surface area contributed by atoms with Gasteiger partial charge >= 0.3 is 0 Å². The van der Waals surface area contributed by atoms with Gasteiger partial charge in [0.05, 0.1) is 24.1 Å². The minimum Gasteiger partial charge on any atom is -0.464 e. The fourth-order valence-electron chi connectivity index (χ4n) is 4.21. The molecular formula is C27H32N2O5S. The van der Waals surface area contributed by atoms with E-state index in [1.165, 1.54) is 4.31 Å². The molecule has 0 spiro atoms. The molecule has 1 unspecified atom stereocenters. The Hall–Kier alpha value is -2.94. The SMILES string of the molecule is Cc1ccc(CN(CCc2ccccc2)C(=O)CN(CC2CCCO2)S(=O)(=O)c2ccccc2)o1. The van der Waals surface area contributed by atoms with Crippen LogP contribution in [-0.4, -0.2) is 55.9 Å². The molecular weight excluding hydrogens is 464 g/mol. The first-order valence-corrected chi connectivity index (χ1v) is 13.4. The Labute approximate surface area is 207 Å². The molecule has 1 fully saturated rings. The van der Waals surface area contributed by atoms with Crippen LogP contribution in [0.3, 0.4) is 0 Å². The Morgan fingerprint density at radius 2 is 1.71 bits per heavy atom. The van der Waals surface area contributed by atoms with E-state index in [0.717, 1.165) is 24.2 Å². The monoisotopic (exact) mass is 496 g/mol. The van der Waals surface area contributed by atoms with Crippen molar-refractivity contribution >= 4 is 15.9 Å². The second kappa shape index (κ2) is 11.7. The van der Waals surface area contributed by atoms with Crippen LogP contribution in [0, 0.1) is 6.92 Å². The van der Waals surface area contributed by atoms with Crippen LogP contribution in [-0.2, 0) is 32.5 Å². The van der Waals surface area contributed by atoms with E-state index in [4.69, 9.17) is 9.15 Å². The van der Waals surface area contributed by atoms with E-state index >= 15 is 0 Å². The third-order valence-corrected chi connectivity index (χ3v) is 7.96. The van der Waals surface area contributed by atoms with E-state index < -0.39 is 10.0 Å². The summed E-state index contributed by atoms with van der Waals surface area (Å²) in [7, 11) is -3.87. The summed E-state index contributed by atoms with van der Waals surface area (Å²) < 4.78 is 39.7. The highest BCUT2D eigenvalue weighted by Gasteiger charge is 2.32. The van der Waals surface area contributed by atoms with Crippen molar-refractivity contribution in [3.63, 3.8) is 0 Å². The van der Waals surface area contributed by atoms with Gasteiger partial charge in [-0.1, -0.05) is 48.5 Å². The van der Waals surface area contributed by atoms with E-state index in [1.807, 2.05) is 49.4 Å². The highest BCUT2D eigenvalue weighted by molar-refractivity contribution is 7.89. The lowest BCUT2D eigenvalue weighted by Gasteiger charge is -2.28. The van der Waals surface area contributed by atoms with Crippen LogP contribution in [0.2, 0.25) is 0 Å². The molecule has 0 bridgehead atoms. The lowest BCUT2D eigenvalue weighted by molar-refractivity contribution is -0.132. The molecule has 1 aromatic heterocycles. The van der Waals surface area contributed by atoms with Crippen molar-refractivity contribution in [3.8, 4) is 0 Å². The molecule has 1 atom stereocenters. The maximum Gasteiger partial charge on any atom is 0.243 e. The van der Waals surface area contributed by atoms with Crippen molar-refractivity contribution in [1.82, 2.24) is 9.21 Å². The van der Waals surface area contributed by atoms with Gasteiger partial charge in [0.2, 0.25) is 15.9 Å². The van der Waals surface area contributed by atoms with Gasteiger partial charge in [-0.05, 0) is 56.0 Å². The number of carbonyl (C=O) groups excluding carboxylic acids is 1. The largest absolute Gasteiger partial charge is 0.464 e. The van der Waals surface area contributed by atoms with Crippen LogP contribution >= 0.6 is 0 Å². The Kier molecular flexibility index (Phi) is 8.38. The summed E-state index contributed by atoms with van der Waals surface area (Å²) in [6.45, 7) is 3.08. The van der Waals surface area contributed by atoms with Crippen molar-refractivity contribution in [3.05, 3.63) is 89.9 Å². The molecule has 3 aromatic rings. The van der Waals surface area contributed by atoms with Crippen LogP contribution in [0.15, 0.2) is 82.1 Å². The Balaban J connectivity index is 1.55. The molecule has 0 saturated carbocycles. The molecule has 2 heterocycles. The van der Waals surface area contributed by atoms with Gasteiger partial charge in [-0.15, -0.1) is 0 Å². The highest BCUT2D eigenvalue weighted by Crippen LogP contribution is 2.21. The van der Waals surface area contributed by atoms with Gasteiger partial charge in [-0.3, -0.25) is 4.79 Å². The van der Waals surface area contributed by atoms with Crippen LogP contribution < -0.4 is 0 Å². The second-order valence-electron chi connectivity index (χ2n) is 8.81. The van der Waals surface area contributed by atoms with Crippen molar-refractivity contribution in [2.75, 3.05) is 26.2 Å². The zero-order valence-corrected chi connectivity index (χ0v) is 20.8. The summed E-state index contributed by atoms with van der Waals surface area (Å²) in [4.78, 5) is 15.4. The lowest BCUT2D eigenvalue weighted by atomic mass is 10.1. The minimum absolute atomic E-state index is 0.148. The summed E-state index contributed by atoms with van der Waals surface area (Å²) in [6, 6.07) is 21.9. The lowest BCUT2D eigenvalue weighted by Crippen LogP contribution is -2.45. The first kappa shape index (κ1) is 25.2. The number of benzene rings is 2. The molecule has 35 heavy (non-hydrogen) atoms. The van der Waals surface area contributed by atoms with Crippen LogP contribution in [0.4, 0.5) is 0 Å². The smallest absolute Gasteiger partial charge is 0.243 e. The first-order chi connectivity index (χ1) is 16.9. The Morgan fingerprint density at radius 1 is 1.00 bits per heavy atom. The standard InChI is InChI=1S/C27H32N2O5S/c1-22-14-15-25(34-22)19-28(17-16-23-9-4-2-5-10-23)27(30)21-29(20-24-11-8-18-33-24)35(31,32)26-12-6-3-7-13-26/h2-7,9-10,12-15,24H,8,11,16-21H2,1H3. The number of hydrogen-bond acceptors (Lipinski definition) is 5. The minimum atomic E-state index is -3.87. The predicted octanol–water partition coefficient (Wildman–Crippen LogP) is 4.03. The van der Waals surface area contributed by atoms with E-state index in [2.05, 4.69) is 0 Å². The van der Waals surface area contributed by atoms with Gasteiger partial charge in [-0.25, -0.2) is 8.42 Å². The number of ether oxygens (including phenoxy) is 1. The average molecular weight is 497 g/mol. The van der Waals surface area contributed by atoms with E-state index in [1.54, 1.807) is 35.2 Å². The van der Waals surface area contributed by atoms with Crippen molar-refractivity contribution < 1.29 is 22.4 Å². The van der Waals surface area contributed by atoms with Crippen LogP contribution in [0.5, 0.6) is 0 Å². The molecule has 8 heteroatoms. The third kappa shape index (κ3) is 6.81. The number of carbonyl (C=O) groups is 1. The van der Waals surface area contributed by atoms with Crippen molar-refractivity contribution in [2.24, 2.45) is 0 Å². The van der Waals surface area contributed by atoms with Gasteiger partial charge in [0.1, 0.15) is 11.5 Å². The summed E-state index contributed by atoms with van der Waals surface area (Å²) in [5.74, 6) is 1.16. The summed E-state index contributed by atoms with van der Waals surface area (Å²) in [5, 5.41) is 0. The van der Waals surface area contributed by atoms with Gasteiger partial charge in [0, 0.05) is 19.7 Å². The second-order valence-corrected chi connectivity index (χ2v) is 10.7. The van der Waals surface area contributed by atoms with E-state index in [0.29, 0.717) is 25.3 Å². The maximum atomic E-state index is 13.6. The summed E-state index contributed by atoms with van der Waals surface area (Å²) in [6.07, 6.45) is 2.10. The Bertz CT molecular complexity index is 1190. The molecule has 186 valence electrons. The highest BCUT2D eigenvalue weighted by atomic mass is 32.2. The number of hydrogen-bond donors (Lipinski definition) is 0. The fraction of sp³-hybridized carbons (Fsp3) is 0.370. The van der Waals surface area contributed by atoms with Crippen LogP contribution in [0.25, 0.3) is 0 Å². The normalized spacial score (nSPS) is 16.0. The number of amides is 1. The average Bonchev–Trinajstić information content (AvgIpc) is 3.54. The molecule has 1 saturated heterocycles. The van der Waals surface area contributed by atoms with Gasteiger partial charge in [0.15, 0.2) is 0 Å². The maximum absolute atomic E-state index is 13.6. The number of aryl methyl sites for hydroxylation is 1. The predicted molar refractivity (Wildman–Crippen MR) is 133 cm³/mol. The van der Waals surface area contributed by atoms with Gasteiger partial charge in [-0.2, -0.15) is 4.31 Å². The molecule has 0 radical (unpaired) electrons. The molecule has 0 N–H and O–H groups in total. The zero-order chi connectivity index (χ0) is 24.7. The van der Waals surface area contributed by atoms with E-state index in [9.17, 15) is 13.2 Å². The quantitative estimate of drug-likeness (QED) is 0.400. The molecule has 1 aliphatic rings. The summed E-state index contributed by atoms with van der Waals surface area (Å²) in [5.41, 5.74) is 1.11. The molecule has 4 rings (SSSR count). The van der Waals surface area contributed by atoms with Gasteiger partial charge < -0.3 is 14.1 Å². The molecule has 2 aromatic carbocycles. The first-order valence-electron chi connectivity index (χ1n) is 12.0. The van der Waals surface area contributed by atoms with Crippen molar-refractivity contribution in [2.45, 2.75) is 43.7 Å². The Morgan fingerprint density at radius 3 is 2.34 bits per heavy atom. The molecule has 0 aliphatic carbocycles. The summed E-state index contributed by atoms with van der Waals surface area (Å²) >= 11 is 0. The zero-order valence-electron chi connectivity index (χ0n) is 20.0. The number of nitrogens with zero attached hydrogens (tertiary/aromatic N) is 2. The van der Waals surface area contributed by atoms with E-state index in [-0.39, 0.29) is 36.5 Å². The van der Waals surface area contributed by atoms with Crippen molar-refractivity contribution in [1.29, 1.82) is 0 Å². The third-order valence-electron chi connectivity index (χ3n) is 6.13. The molecule has 1 aliphatic heterocycles. The van der Waals surface area contributed by atoms with Crippen LogP contribution in [0.1, 0.15) is 29.9 Å².